The van der Waals surface area contributed by atoms with E-state index in [4.69, 9.17) is 28.9 Å². The van der Waals surface area contributed by atoms with Crippen molar-refractivity contribution >= 4 is 17.6 Å². The molecule has 246 valence electrons. The molecule has 2 aliphatic heterocycles. The van der Waals surface area contributed by atoms with Crippen LogP contribution < -0.4 is 29.2 Å². The standard InChI is InChI=1S/C34H39N7O6/c1-22(2)27-18-31(38-34(37-27)39-11-8-36-20-39)40-12-9-35-19-28(40)33(43)41(10-7-24-13-25(44-3)17-26(14-24)45-4)32(42)16-23-5-6-29-30(15-23)47-21-46-29/h5-6,8,11,13-15,17-18,20,22,28,35H,7,9-10,12,16,19,21H2,1-4H3. The van der Waals surface area contributed by atoms with Gasteiger partial charge in [0.1, 0.15) is 29.7 Å². The quantitative estimate of drug-likeness (QED) is 0.259. The van der Waals surface area contributed by atoms with Gasteiger partial charge in [0.05, 0.1) is 26.3 Å². The summed E-state index contributed by atoms with van der Waals surface area (Å²) in [6, 6.07) is 12.2. The Labute approximate surface area is 273 Å². The lowest BCUT2D eigenvalue weighted by Gasteiger charge is -2.38. The molecule has 13 nitrogen and oxygen atoms in total. The van der Waals surface area contributed by atoms with E-state index in [1.54, 1.807) is 55.7 Å². The van der Waals surface area contributed by atoms with E-state index in [1.807, 2.05) is 29.2 Å². The van der Waals surface area contributed by atoms with Gasteiger partial charge in [0.2, 0.25) is 18.6 Å². The van der Waals surface area contributed by atoms with Crippen LogP contribution in [0.25, 0.3) is 5.95 Å². The molecule has 47 heavy (non-hydrogen) atoms. The SMILES string of the molecule is COc1cc(CCN(C(=O)Cc2ccc3c(c2)OCO3)C(=O)C2CNCCN2c2cc(C(C)C)nc(-n3ccnc3)n2)cc(OC)c1. The molecule has 1 fully saturated rings. The van der Waals surface area contributed by atoms with E-state index >= 15 is 0 Å². The number of nitrogens with one attached hydrogen (secondary N) is 1. The van der Waals surface area contributed by atoms with Crippen molar-refractivity contribution in [2.24, 2.45) is 0 Å². The van der Waals surface area contributed by atoms with E-state index < -0.39 is 6.04 Å². The number of ether oxygens (including phenoxy) is 4. The van der Waals surface area contributed by atoms with Gasteiger partial charge >= 0.3 is 0 Å². The van der Waals surface area contributed by atoms with Crippen LogP contribution >= 0.6 is 0 Å². The van der Waals surface area contributed by atoms with Gasteiger partial charge in [-0.25, -0.2) is 9.97 Å². The van der Waals surface area contributed by atoms with Gasteiger partial charge in [-0.1, -0.05) is 19.9 Å². The van der Waals surface area contributed by atoms with Crippen LogP contribution in [0.15, 0.2) is 61.2 Å². The molecule has 0 bridgehead atoms. The highest BCUT2D eigenvalue weighted by Gasteiger charge is 2.36. The second kappa shape index (κ2) is 14.1. The molecular formula is C34H39N7O6. The normalized spacial score (nSPS) is 15.5. The number of carbonyl (C=O) groups excluding carboxylic acids is 2. The first-order valence-electron chi connectivity index (χ1n) is 15.6. The van der Waals surface area contributed by atoms with Crippen LogP contribution in [0.2, 0.25) is 0 Å². The van der Waals surface area contributed by atoms with Crippen molar-refractivity contribution < 1.29 is 28.5 Å². The van der Waals surface area contributed by atoms with Crippen LogP contribution in [0.5, 0.6) is 23.0 Å². The number of fused-ring (bicyclic) bond motifs is 1. The number of hydrogen-bond donors (Lipinski definition) is 1. The number of imidazole rings is 1. The largest absolute Gasteiger partial charge is 0.497 e. The highest BCUT2D eigenvalue weighted by molar-refractivity contribution is 6.00. The molecule has 13 heteroatoms. The van der Waals surface area contributed by atoms with Crippen molar-refractivity contribution in [1.29, 1.82) is 0 Å². The van der Waals surface area contributed by atoms with Gasteiger partial charge in [0.25, 0.3) is 5.91 Å². The summed E-state index contributed by atoms with van der Waals surface area (Å²) >= 11 is 0. The molecule has 0 saturated carbocycles. The number of hydrogen-bond acceptors (Lipinski definition) is 11. The van der Waals surface area contributed by atoms with Crippen molar-refractivity contribution in [2.45, 2.75) is 38.6 Å². The van der Waals surface area contributed by atoms with Gasteiger partial charge in [0, 0.05) is 50.7 Å². The zero-order valence-corrected chi connectivity index (χ0v) is 27.0. The Morgan fingerprint density at radius 1 is 1.02 bits per heavy atom. The Morgan fingerprint density at radius 3 is 2.53 bits per heavy atom. The maximum atomic E-state index is 14.6. The highest BCUT2D eigenvalue weighted by atomic mass is 16.7. The second-order valence-electron chi connectivity index (χ2n) is 11.7. The van der Waals surface area contributed by atoms with Crippen molar-refractivity contribution in [2.75, 3.05) is 52.1 Å². The molecule has 4 aromatic rings. The molecule has 1 saturated heterocycles. The van der Waals surface area contributed by atoms with Gasteiger partial charge in [-0.3, -0.25) is 19.1 Å². The van der Waals surface area contributed by atoms with Gasteiger partial charge < -0.3 is 29.2 Å². The third-order valence-electron chi connectivity index (χ3n) is 8.26. The fourth-order valence-corrected chi connectivity index (χ4v) is 5.68. The van der Waals surface area contributed by atoms with Crippen LogP contribution in [-0.2, 0) is 22.4 Å². The Balaban J connectivity index is 1.32. The average molecular weight is 642 g/mol. The predicted octanol–water partition coefficient (Wildman–Crippen LogP) is 3.15. The summed E-state index contributed by atoms with van der Waals surface area (Å²) < 4.78 is 23.6. The molecule has 2 aromatic carbocycles. The van der Waals surface area contributed by atoms with Crippen LogP contribution in [0, 0.1) is 0 Å². The first-order chi connectivity index (χ1) is 22.8. The number of anilines is 1. The Kier molecular flexibility index (Phi) is 9.52. The van der Waals surface area contributed by atoms with E-state index in [2.05, 4.69) is 24.1 Å². The second-order valence-corrected chi connectivity index (χ2v) is 11.7. The maximum Gasteiger partial charge on any atom is 0.253 e. The van der Waals surface area contributed by atoms with Crippen molar-refractivity contribution in [3.05, 3.63) is 78.0 Å². The summed E-state index contributed by atoms with van der Waals surface area (Å²) in [5.41, 5.74) is 2.43. The number of aromatic nitrogens is 4. The van der Waals surface area contributed by atoms with E-state index in [1.165, 1.54) is 4.90 Å². The Bertz CT molecular complexity index is 1710. The number of carbonyl (C=O) groups is 2. The summed E-state index contributed by atoms with van der Waals surface area (Å²) in [6.45, 7) is 5.94. The van der Waals surface area contributed by atoms with E-state index in [9.17, 15) is 9.59 Å². The van der Waals surface area contributed by atoms with Crippen molar-refractivity contribution in [3.63, 3.8) is 0 Å². The van der Waals surface area contributed by atoms with Crippen molar-refractivity contribution in [1.82, 2.24) is 29.7 Å². The molecule has 2 aliphatic rings. The predicted molar refractivity (Wildman–Crippen MR) is 173 cm³/mol. The van der Waals surface area contributed by atoms with E-state index in [-0.39, 0.29) is 37.5 Å². The molecule has 2 amide bonds. The fourth-order valence-electron chi connectivity index (χ4n) is 5.68. The van der Waals surface area contributed by atoms with Gasteiger partial charge in [-0.2, -0.15) is 4.98 Å². The van der Waals surface area contributed by atoms with E-state index in [0.717, 1.165) is 16.8 Å². The summed E-state index contributed by atoms with van der Waals surface area (Å²) in [5, 5.41) is 3.35. The van der Waals surface area contributed by atoms with Crippen LogP contribution in [0.1, 0.15) is 36.6 Å². The summed E-state index contributed by atoms with van der Waals surface area (Å²) in [4.78, 5) is 45.7. The van der Waals surface area contributed by atoms with Crippen LogP contribution in [0.4, 0.5) is 5.82 Å². The zero-order valence-electron chi connectivity index (χ0n) is 27.0. The van der Waals surface area contributed by atoms with Gasteiger partial charge in [-0.05, 0) is 47.7 Å². The van der Waals surface area contributed by atoms with Crippen LogP contribution in [-0.4, -0.2) is 89.5 Å². The number of imide groups is 1. The van der Waals surface area contributed by atoms with Crippen LogP contribution in [0.3, 0.4) is 0 Å². The third-order valence-corrected chi connectivity index (χ3v) is 8.26. The molecule has 2 aromatic heterocycles. The molecule has 1 unspecified atom stereocenters. The monoisotopic (exact) mass is 641 g/mol. The minimum atomic E-state index is -0.685. The molecule has 4 heterocycles. The topological polar surface area (TPSA) is 133 Å². The van der Waals surface area contributed by atoms with Gasteiger partial charge in [0.15, 0.2) is 11.5 Å². The fraction of sp³-hybridized carbons (Fsp3) is 0.382. The number of methoxy groups -OCH3 is 2. The molecular weight excluding hydrogens is 602 g/mol. The average Bonchev–Trinajstić information content (AvgIpc) is 3.81. The minimum Gasteiger partial charge on any atom is -0.497 e. The summed E-state index contributed by atoms with van der Waals surface area (Å²) in [6.07, 6.45) is 5.52. The number of amides is 2. The highest BCUT2D eigenvalue weighted by Crippen LogP contribution is 2.33. The minimum absolute atomic E-state index is 0.0136. The first-order valence-corrected chi connectivity index (χ1v) is 15.6. The van der Waals surface area contributed by atoms with Crippen molar-refractivity contribution in [3.8, 4) is 28.9 Å². The lowest BCUT2D eigenvalue weighted by molar-refractivity contribution is -0.145. The lowest BCUT2D eigenvalue weighted by atomic mass is 10.1. The van der Waals surface area contributed by atoms with Gasteiger partial charge in [-0.15, -0.1) is 0 Å². The maximum absolute atomic E-state index is 14.6. The number of benzene rings is 2. The van der Waals surface area contributed by atoms with E-state index in [0.29, 0.717) is 60.8 Å². The smallest absolute Gasteiger partial charge is 0.253 e. The molecule has 0 aliphatic carbocycles. The number of rotatable bonds is 11. The Morgan fingerprint density at radius 2 is 1.81 bits per heavy atom. The Hall–Kier alpha value is -5.17. The molecule has 1 atom stereocenters. The number of nitrogens with zero attached hydrogens (tertiary/aromatic N) is 6. The third kappa shape index (κ3) is 7.14. The lowest BCUT2D eigenvalue weighted by Crippen LogP contribution is -2.60. The molecule has 6 rings (SSSR count). The number of piperazine rings is 1. The molecule has 0 spiro atoms. The summed E-state index contributed by atoms with van der Waals surface area (Å²) in [5.74, 6) is 3.05. The molecule has 1 N–H and O–H groups in total. The summed E-state index contributed by atoms with van der Waals surface area (Å²) in [7, 11) is 3.17. The zero-order chi connectivity index (χ0) is 32.9. The first kappa shape index (κ1) is 31.8. The molecule has 0 radical (unpaired) electrons.